The van der Waals surface area contributed by atoms with E-state index in [0.29, 0.717) is 12.5 Å². The molecule has 1 amide bonds. The summed E-state index contributed by atoms with van der Waals surface area (Å²) in [5.74, 6) is 0.482. The van der Waals surface area contributed by atoms with Crippen molar-refractivity contribution in [2.24, 2.45) is 5.92 Å². The van der Waals surface area contributed by atoms with Gasteiger partial charge in [0, 0.05) is 48.4 Å². The lowest BCUT2D eigenvalue weighted by atomic mass is 9.96. The standard InChI is InChI=1S/C22H24N4O2/c27-21-13-16-2-1-3-20(16)24-26(21)14-15-7-10-25(11-8-15)22(28)18-4-5-19-17(12-18)6-9-23-19/h4-6,9,12-13,15,23H,1-3,7-8,10-11,14H2. The van der Waals surface area contributed by atoms with Crippen molar-refractivity contribution in [3.8, 4) is 0 Å². The van der Waals surface area contributed by atoms with E-state index in [4.69, 9.17) is 0 Å². The Hall–Kier alpha value is -2.89. The number of carbonyl (C=O) groups is 1. The molecular formula is C22H24N4O2. The van der Waals surface area contributed by atoms with E-state index in [0.717, 1.165) is 72.9 Å². The lowest BCUT2D eigenvalue weighted by Crippen LogP contribution is -2.40. The van der Waals surface area contributed by atoms with E-state index in [-0.39, 0.29) is 11.5 Å². The number of aromatic amines is 1. The Labute approximate surface area is 163 Å². The molecule has 1 aromatic carbocycles. The normalized spacial score (nSPS) is 17.2. The molecule has 5 rings (SSSR count). The van der Waals surface area contributed by atoms with E-state index in [1.165, 1.54) is 0 Å². The van der Waals surface area contributed by atoms with Crippen LogP contribution in [0.1, 0.15) is 40.9 Å². The molecule has 1 fully saturated rings. The van der Waals surface area contributed by atoms with Gasteiger partial charge in [0.2, 0.25) is 0 Å². The lowest BCUT2D eigenvalue weighted by molar-refractivity contribution is 0.0680. The molecule has 0 bridgehead atoms. The molecule has 3 heterocycles. The van der Waals surface area contributed by atoms with Gasteiger partial charge in [-0.05, 0) is 67.9 Å². The molecule has 0 radical (unpaired) electrons. The molecule has 1 aliphatic heterocycles. The van der Waals surface area contributed by atoms with Crippen molar-refractivity contribution in [1.82, 2.24) is 19.7 Å². The van der Waals surface area contributed by atoms with Crippen LogP contribution in [0.15, 0.2) is 41.3 Å². The molecule has 0 saturated carbocycles. The van der Waals surface area contributed by atoms with E-state index in [1.807, 2.05) is 35.4 Å². The van der Waals surface area contributed by atoms with Crippen LogP contribution in [0.25, 0.3) is 10.9 Å². The van der Waals surface area contributed by atoms with E-state index in [9.17, 15) is 9.59 Å². The summed E-state index contributed by atoms with van der Waals surface area (Å²) in [6.45, 7) is 2.12. The fourth-order valence-corrected chi connectivity index (χ4v) is 4.50. The summed E-state index contributed by atoms with van der Waals surface area (Å²) in [6.07, 6.45) is 6.76. The van der Waals surface area contributed by atoms with E-state index in [1.54, 1.807) is 10.7 Å². The second-order valence-electron chi connectivity index (χ2n) is 8.01. The molecule has 2 aromatic heterocycles. The quantitative estimate of drug-likeness (QED) is 0.764. The molecule has 144 valence electrons. The van der Waals surface area contributed by atoms with Crippen LogP contribution in [-0.2, 0) is 19.4 Å². The molecule has 28 heavy (non-hydrogen) atoms. The predicted molar refractivity (Wildman–Crippen MR) is 107 cm³/mol. The highest BCUT2D eigenvalue weighted by Crippen LogP contribution is 2.23. The van der Waals surface area contributed by atoms with Crippen molar-refractivity contribution in [3.05, 3.63) is 63.7 Å². The fraction of sp³-hybridized carbons (Fsp3) is 0.409. The maximum absolute atomic E-state index is 12.9. The summed E-state index contributed by atoms with van der Waals surface area (Å²) >= 11 is 0. The number of aromatic nitrogens is 3. The Morgan fingerprint density at radius 3 is 2.86 bits per heavy atom. The third-order valence-corrected chi connectivity index (χ3v) is 6.16. The van der Waals surface area contributed by atoms with Crippen LogP contribution in [0, 0.1) is 5.92 Å². The predicted octanol–water partition coefficient (Wildman–Crippen LogP) is 2.77. The highest BCUT2D eigenvalue weighted by molar-refractivity contribution is 5.98. The zero-order chi connectivity index (χ0) is 19.1. The first-order valence-electron chi connectivity index (χ1n) is 10.1. The molecular weight excluding hydrogens is 352 g/mol. The minimum absolute atomic E-state index is 0.0129. The zero-order valence-electron chi connectivity index (χ0n) is 15.9. The van der Waals surface area contributed by atoms with Crippen LogP contribution in [0.3, 0.4) is 0 Å². The molecule has 0 atom stereocenters. The molecule has 1 saturated heterocycles. The van der Waals surface area contributed by atoms with Crippen LogP contribution in [0.5, 0.6) is 0 Å². The third kappa shape index (κ3) is 3.13. The number of benzene rings is 1. The summed E-state index contributed by atoms with van der Waals surface area (Å²) in [7, 11) is 0. The van der Waals surface area contributed by atoms with Gasteiger partial charge in [-0.2, -0.15) is 5.10 Å². The Bertz CT molecular complexity index is 1090. The van der Waals surface area contributed by atoms with Gasteiger partial charge in [-0.15, -0.1) is 0 Å². The Morgan fingerprint density at radius 1 is 1.14 bits per heavy atom. The number of hydrogen-bond acceptors (Lipinski definition) is 3. The number of nitrogens with zero attached hydrogens (tertiary/aromatic N) is 3. The van der Waals surface area contributed by atoms with Crippen LogP contribution >= 0.6 is 0 Å². The van der Waals surface area contributed by atoms with Crippen molar-refractivity contribution in [2.45, 2.75) is 38.6 Å². The second kappa shape index (κ2) is 6.93. The third-order valence-electron chi connectivity index (χ3n) is 6.16. The smallest absolute Gasteiger partial charge is 0.267 e. The van der Waals surface area contributed by atoms with Gasteiger partial charge in [-0.1, -0.05) is 0 Å². The van der Waals surface area contributed by atoms with Crippen LogP contribution in [0.2, 0.25) is 0 Å². The number of rotatable bonds is 3. The number of H-pyrrole nitrogens is 1. The minimum atomic E-state index is 0.0129. The van der Waals surface area contributed by atoms with Crippen molar-refractivity contribution in [3.63, 3.8) is 0 Å². The summed E-state index contributed by atoms with van der Waals surface area (Å²) in [5, 5.41) is 5.65. The van der Waals surface area contributed by atoms with E-state index < -0.39 is 0 Å². The average Bonchev–Trinajstić information content (AvgIpc) is 3.36. The number of carbonyl (C=O) groups excluding carboxylic acids is 1. The van der Waals surface area contributed by atoms with Gasteiger partial charge in [0.25, 0.3) is 11.5 Å². The Balaban J connectivity index is 1.24. The highest BCUT2D eigenvalue weighted by Gasteiger charge is 2.25. The molecule has 0 unspecified atom stereocenters. The Kier molecular flexibility index (Phi) is 4.26. The van der Waals surface area contributed by atoms with Gasteiger partial charge < -0.3 is 9.88 Å². The van der Waals surface area contributed by atoms with Gasteiger partial charge in [0.05, 0.1) is 5.69 Å². The monoisotopic (exact) mass is 376 g/mol. The molecule has 6 heteroatoms. The number of piperidine rings is 1. The summed E-state index contributed by atoms with van der Waals surface area (Å²) in [6, 6.07) is 9.56. The highest BCUT2D eigenvalue weighted by atomic mass is 16.2. The van der Waals surface area contributed by atoms with Crippen LogP contribution in [-0.4, -0.2) is 38.7 Å². The zero-order valence-corrected chi connectivity index (χ0v) is 15.9. The topological polar surface area (TPSA) is 71.0 Å². The summed E-state index contributed by atoms with van der Waals surface area (Å²) in [5.41, 5.74) is 4.01. The maximum atomic E-state index is 12.9. The largest absolute Gasteiger partial charge is 0.361 e. The van der Waals surface area contributed by atoms with Crippen molar-refractivity contribution in [2.75, 3.05) is 13.1 Å². The second-order valence-corrected chi connectivity index (χ2v) is 8.01. The number of hydrogen-bond donors (Lipinski definition) is 1. The molecule has 2 aliphatic rings. The molecule has 1 aliphatic carbocycles. The van der Waals surface area contributed by atoms with Crippen molar-refractivity contribution >= 4 is 16.8 Å². The summed E-state index contributed by atoms with van der Waals surface area (Å²) < 4.78 is 1.64. The van der Waals surface area contributed by atoms with Crippen LogP contribution < -0.4 is 5.56 Å². The Morgan fingerprint density at radius 2 is 2.00 bits per heavy atom. The van der Waals surface area contributed by atoms with Crippen molar-refractivity contribution in [1.29, 1.82) is 0 Å². The molecule has 0 spiro atoms. The van der Waals surface area contributed by atoms with Gasteiger partial charge in [0.1, 0.15) is 0 Å². The first-order valence-corrected chi connectivity index (χ1v) is 10.1. The first-order chi connectivity index (χ1) is 13.7. The number of fused-ring (bicyclic) bond motifs is 2. The molecule has 1 N–H and O–H groups in total. The van der Waals surface area contributed by atoms with Crippen LogP contribution in [0.4, 0.5) is 0 Å². The number of aryl methyl sites for hydroxylation is 2. The number of amides is 1. The lowest BCUT2D eigenvalue weighted by Gasteiger charge is -2.32. The van der Waals surface area contributed by atoms with Gasteiger partial charge in [-0.25, -0.2) is 4.68 Å². The minimum Gasteiger partial charge on any atom is -0.361 e. The number of nitrogens with one attached hydrogen (secondary N) is 1. The van der Waals surface area contributed by atoms with Crippen molar-refractivity contribution < 1.29 is 4.79 Å². The van der Waals surface area contributed by atoms with Gasteiger partial charge in [-0.3, -0.25) is 9.59 Å². The number of likely N-dealkylation sites (tertiary alicyclic amines) is 1. The van der Waals surface area contributed by atoms with Gasteiger partial charge in [0.15, 0.2) is 0 Å². The van der Waals surface area contributed by atoms with Gasteiger partial charge >= 0.3 is 0 Å². The first kappa shape index (κ1) is 17.2. The average molecular weight is 376 g/mol. The van der Waals surface area contributed by atoms with E-state index in [2.05, 4.69) is 10.1 Å². The fourth-order valence-electron chi connectivity index (χ4n) is 4.50. The SMILES string of the molecule is O=C(c1ccc2[nH]ccc2c1)N1CCC(Cn2nc3c(cc2=O)CCC3)CC1. The van der Waals surface area contributed by atoms with E-state index >= 15 is 0 Å². The summed E-state index contributed by atoms with van der Waals surface area (Å²) in [4.78, 5) is 30.3. The maximum Gasteiger partial charge on any atom is 0.267 e. The molecule has 6 nitrogen and oxygen atoms in total. The molecule has 3 aromatic rings.